The number of para-hydroxylation sites is 1. The molecule has 1 saturated heterocycles. The summed E-state index contributed by atoms with van der Waals surface area (Å²) in [6.45, 7) is 3.95. The van der Waals surface area contributed by atoms with E-state index in [2.05, 4.69) is 28.1 Å². The van der Waals surface area contributed by atoms with Crippen LogP contribution in [0.1, 0.15) is 17.5 Å². The predicted octanol–water partition coefficient (Wildman–Crippen LogP) is 3.43. The van der Waals surface area contributed by atoms with Gasteiger partial charge in [0.2, 0.25) is 0 Å². The largest absolute Gasteiger partial charge is 0.493 e. The molecule has 0 saturated carbocycles. The highest BCUT2D eigenvalue weighted by molar-refractivity contribution is 5.66. The molecule has 0 bridgehead atoms. The fourth-order valence-electron chi connectivity index (χ4n) is 3.84. The molecule has 2 aromatic rings. The van der Waals surface area contributed by atoms with Gasteiger partial charge in [-0.1, -0.05) is 18.2 Å². The zero-order chi connectivity index (χ0) is 17.1. The summed E-state index contributed by atoms with van der Waals surface area (Å²) in [6.07, 6.45) is 8.47. The third-order valence-electron chi connectivity index (χ3n) is 5.03. The summed E-state index contributed by atoms with van der Waals surface area (Å²) in [5, 5.41) is 0. The number of methoxy groups -OCH3 is 1. The van der Waals surface area contributed by atoms with Crippen LogP contribution in [-0.4, -0.2) is 43.2 Å². The van der Waals surface area contributed by atoms with E-state index in [4.69, 9.17) is 9.47 Å². The molecule has 0 N–H and O–H groups in total. The summed E-state index contributed by atoms with van der Waals surface area (Å²) in [6, 6.07) is 10.3. The van der Waals surface area contributed by atoms with Crippen molar-refractivity contribution in [1.29, 1.82) is 0 Å². The predicted molar refractivity (Wildman–Crippen MR) is 99.0 cm³/mol. The lowest BCUT2D eigenvalue weighted by molar-refractivity contribution is 0.290. The highest BCUT2D eigenvalue weighted by Gasteiger charge is 2.24. The van der Waals surface area contributed by atoms with Gasteiger partial charge in [0.05, 0.1) is 7.11 Å². The number of nitrogens with zero attached hydrogens (tertiary/aromatic N) is 2. The van der Waals surface area contributed by atoms with E-state index >= 15 is 0 Å². The van der Waals surface area contributed by atoms with E-state index in [1.165, 1.54) is 17.6 Å². The van der Waals surface area contributed by atoms with Gasteiger partial charge in [-0.3, -0.25) is 9.88 Å². The molecule has 0 spiro atoms. The van der Waals surface area contributed by atoms with Crippen LogP contribution in [0.2, 0.25) is 0 Å². The molecule has 2 aliphatic heterocycles. The average Bonchev–Trinajstić information content (AvgIpc) is 3.08. The van der Waals surface area contributed by atoms with Crippen LogP contribution in [0.5, 0.6) is 11.5 Å². The number of fused-ring (bicyclic) bond motifs is 1. The molecule has 4 rings (SSSR count). The third kappa shape index (κ3) is 3.69. The first kappa shape index (κ1) is 16.2. The standard InChI is InChI=1S/C21H24N2O2/c1-24-20-6-2-5-19-11-18(15-25-21(19)20)14-23-9-7-17(13-23)10-16-4-3-8-22-12-16/h2-6,8,11-12,17H,7,9-10,13-15H2,1H3. The van der Waals surface area contributed by atoms with Crippen molar-refractivity contribution in [2.75, 3.05) is 33.4 Å². The smallest absolute Gasteiger partial charge is 0.168 e. The molecular weight excluding hydrogens is 312 g/mol. The number of hydrogen-bond acceptors (Lipinski definition) is 4. The van der Waals surface area contributed by atoms with Crippen molar-refractivity contribution >= 4 is 6.08 Å². The average molecular weight is 336 g/mol. The van der Waals surface area contributed by atoms with Gasteiger partial charge in [-0.15, -0.1) is 0 Å². The summed E-state index contributed by atoms with van der Waals surface area (Å²) in [5.74, 6) is 2.40. The second-order valence-corrected chi connectivity index (χ2v) is 6.93. The molecule has 0 aliphatic carbocycles. The summed E-state index contributed by atoms with van der Waals surface area (Å²) in [7, 11) is 1.69. The fourth-order valence-corrected chi connectivity index (χ4v) is 3.84. The van der Waals surface area contributed by atoms with E-state index in [1.54, 1.807) is 7.11 Å². The van der Waals surface area contributed by atoms with Crippen molar-refractivity contribution in [3.63, 3.8) is 0 Å². The van der Waals surface area contributed by atoms with Gasteiger partial charge in [0, 0.05) is 31.0 Å². The number of rotatable bonds is 5. The van der Waals surface area contributed by atoms with Crippen molar-refractivity contribution in [3.8, 4) is 11.5 Å². The van der Waals surface area contributed by atoms with Crippen LogP contribution in [0, 0.1) is 5.92 Å². The number of likely N-dealkylation sites (tertiary alicyclic amines) is 1. The minimum absolute atomic E-state index is 0.650. The maximum Gasteiger partial charge on any atom is 0.168 e. The van der Waals surface area contributed by atoms with Crippen molar-refractivity contribution in [2.24, 2.45) is 5.92 Å². The van der Waals surface area contributed by atoms with Crippen molar-refractivity contribution in [1.82, 2.24) is 9.88 Å². The number of hydrogen-bond donors (Lipinski definition) is 0. The summed E-state index contributed by atoms with van der Waals surface area (Å²) in [5.41, 5.74) is 3.80. The fraction of sp³-hybridized carbons (Fsp3) is 0.381. The van der Waals surface area contributed by atoms with Gasteiger partial charge in [-0.25, -0.2) is 0 Å². The quantitative estimate of drug-likeness (QED) is 0.838. The van der Waals surface area contributed by atoms with E-state index in [-0.39, 0.29) is 0 Å². The highest BCUT2D eigenvalue weighted by atomic mass is 16.5. The first-order valence-corrected chi connectivity index (χ1v) is 8.92. The van der Waals surface area contributed by atoms with Crippen molar-refractivity contribution in [3.05, 3.63) is 59.4 Å². The topological polar surface area (TPSA) is 34.6 Å². The Bertz CT molecular complexity index is 758. The molecule has 4 heteroatoms. The molecule has 25 heavy (non-hydrogen) atoms. The molecule has 1 unspecified atom stereocenters. The third-order valence-corrected chi connectivity index (χ3v) is 5.03. The Balaban J connectivity index is 1.38. The van der Waals surface area contributed by atoms with E-state index < -0.39 is 0 Å². The van der Waals surface area contributed by atoms with Crippen LogP contribution in [0.15, 0.2) is 48.3 Å². The van der Waals surface area contributed by atoms with Gasteiger partial charge in [0.1, 0.15) is 6.61 Å². The molecule has 1 aromatic heterocycles. The van der Waals surface area contributed by atoms with Crippen LogP contribution in [0.3, 0.4) is 0 Å². The molecule has 1 atom stereocenters. The maximum absolute atomic E-state index is 5.96. The molecule has 3 heterocycles. The van der Waals surface area contributed by atoms with E-state index in [9.17, 15) is 0 Å². The Kier molecular flexibility index (Phi) is 4.70. The van der Waals surface area contributed by atoms with Crippen LogP contribution >= 0.6 is 0 Å². The van der Waals surface area contributed by atoms with Crippen molar-refractivity contribution < 1.29 is 9.47 Å². The Hall–Kier alpha value is -2.33. The lowest BCUT2D eigenvalue weighted by atomic mass is 10.00. The van der Waals surface area contributed by atoms with Gasteiger partial charge in [-0.05, 0) is 54.6 Å². The van der Waals surface area contributed by atoms with E-state index in [1.807, 2.05) is 30.6 Å². The number of aromatic nitrogens is 1. The van der Waals surface area contributed by atoms with Crippen LogP contribution in [0.4, 0.5) is 0 Å². The zero-order valence-electron chi connectivity index (χ0n) is 14.6. The summed E-state index contributed by atoms with van der Waals surface area (Å²) < 4.78 is 11.3. The summed E-state index contributed by atoms with van der Waals surface area (Å²) >= 11 is 0. The van der Waals surface area contributed by atoms with Gasteiger partial charge >= 0.3 is 0 Å². The second kappa shape index (κ2) is 7.28. The first-order valence-electron chi connectivity index (χ1n) is 8.92. The minimum atomic E-state index is 0.650. The molecule has 4 nitrogen and oxygen atoms in total. The second-order valence-electron chi connectivity index (χ2n) is 6.93. The Labute approximate surface area is 149 Å². The van der Waals surface area contributed by atoms with Gasteiger partial charge < -0.3 is 9.47 Å². The van der Waals surface area contributed by atoms with Crippen LogP contribution < -0.4 is 9.47 Å². The lowest BCUT2D eigenvalue weighted by Crippen LogP contribution is -2.26. The number of ether oxygens (including phenoxy) is 2. The normalized spacial score (nSPS) is 19.9. The zero-order valence-corrected chi connectivity index (χ0v) is 14.6. The molecule has 1 fully saturated rings. The SMILES string of the molecule is COc1cccc2c1OCC(CN1CCC(Cc3cccnc3)C1)=C2. The molecule has 1 aromatic carbocycles. The molecule has 130 valence electrons. The summed E-state index contributed by atoms with van der Waals surface area (Å²) in [4.78, 5) is 6.77. The number of benzene rings is 1. The minimum Gasteiger partial charge on any atom is -0.493 e. The Morgan fingerprint density at radius 2 is 2.24 bits per heavy atom. The first-order chi connectivity index (χ1) is 12.3. The van der Waals surface area contributed by atoms with Gasteiger partial charge in [0.15, 0.2) is 11.5 Å². The maximum atomic E-state index is 5.96. The number of pyridine rings is 1. The Morgan fingerprint density at radius 1 is 1.28 bits per heavy atom. The van der Waals surface area contributed by atoms with E-state index in [0.29, 0.717) is 6.61 Å². The Morgan fingerprint density at radius 3 is 3.08 bits per heavy atom. The van der Waals surface area contributed by atoms with Gasteiger partial charge in [0.25, 0.3) is 0 Å². The lowest BCUT2D eigenvalue weighted by Gasteiger charge is -2.23. The molecular formula is C21H24N2O2. The molecule has 2 aliphatic rings. The monoisotopic (exact) mass is 336 g/mol. The van der Waals surface area contributed by atoms with Crippen molar-refractivity contribution in [2.45, 2.75) is 12.8 Å². The van der Waals surface area contributed by atoms with Gasteiger partial charge in [-0.2, -0.15) is 0 Å². The van der Waals surface area contributed by atoms with Crippen LogP contribution in [0.25, 0.3) is 6.08 Å². The highest BCUT2D eigenvalue weighted by Crippen LogP contribution is 2.35. The molecule has 0 radical (unpaired) electrons. The molecule has 0 amide bonds. The van der Waals surface area contributed by atoms with Crippen LogP contribution in [-0.2, 0) is 6.42 Å². The van der Waals surface area contributed by atoms with E-state index in [0.717, 1.165) is 49.0 Å².